The van der Waals surface area contributed by atoms with Crippen molar-refractivity contribution in [3.63, 3.8) is 0 Å². The number of quaternary nitrogens is 1. The number of unbranched alkanes of at least 4 members (excludes halogenated alkanes) is 12. The molecule has 0 fully saturated rings. The van der Waals surface area contributed by atoms with E-state index in [2.05, 4.69) is 6.92 Å². The van der Waals surface area contributed by atoms with Gasteiger partial charge in [0.1, 0.15) is 25.9 Å². The van der Waals surface area contributed by atoms with Crippen molar-refractivity contribution in [3.8, 4) is 0 Å². The molecule has 0 aromatic carbocycles. The fourth-order valence-electron chi connectivity index (χ4n) is 3.10. The Morgan fingerprint density at radius 3 is 1.94 bits per heavy atom. The number of hydrogen-bond donors (Lipinski definition) is 1. The summed E-state index contributed by atoms with van der Waals surface area (Å²) in [6, 6.07) is 0. The molecule has 0 spiro atoms. The summed E-state index contributed by atoms with van der Waals surface area (Å²) in [5, 5.41) is 9.78. The highest BCUT2D eigenvalue weighted by atomic mass is 31.2. The highest BCUT2D eigenvalue weighted by Crippen LogP contribution is 2.38. The summed E-state index contributed by atoms with van der Waals surface area (Å²) in [6.07, 6.45) is 19.4. The molecule has 0 aliphatic heterocycles. The quantitative estimate of drug-likeness (QED) is 0.0941. The predicted octanol–water partition coefficient (Wildman–Crippen LogP) is 5.18. The number of phosphoric ester groups is 1. The number of hydrogen-bond acceptors (Lipinski definition) is 6. The van der Waals surface area contributed by atoms with E-state index in [0.29, 0.717) is 11.0 Å². The van der Waals surface area contributed by atoms with Crippen molar-refractivity contribution in [1.82, 2.24) is 0 Å². The number of likely N-dealkylation sites (N-methyl/N-ethyl adjacent to an activating group) is 1. The van der Waals surface area contributed by atoms with Gasteiger partial charge in [0.05, 0.1) is 34.0 Å². The van der Waals surface area contributed by atoms with Gasteiger partial charge in [-0.1, -0.05) is 77.6 Å². The molecular formula is C24H50NO6P. The zero-order chi connectivity index (χ0) is 24.1. The number of aliphatic hydroxyl groups is 1. The van der Waals surface area contributed by atoms with E-state index in [9.17, 15) is 14.6 Å². The average Bonchev–Trinajstić information content (AvgIpc) is 2.71. The third-order valence-electron chi connectivity index (χ3n) is 5.14. The molecule has 0 aromatic heterocycles. The Kier molecular flexibility index (Phi) is 19.7. The van der Waals surface area contributed by atoms with Crippen LogP contribution in [0.1, 0.15) is 90.4 Å². The Bertz CT molecular complexity index is 495. The first-order valence-electron chi connectivity index (χ1n) is 12.5. The van der Waals surface area contributed by atoms with Crippen LogP contribution < -0.4 is 4.89 Å². The largest absolute Gasteiger partial charge is 0.756 e. The van der Waals surface area contributed by atoms with Crippen LogP contribution in [0.15, 0.2) is 12.3 Å². The van der Waals surface area contributed by atoms with Crippen LogP contribution in [-0.2, 0) is 18.3 Å². The number of phosphoric acid groups is 1. The topological polar surface area (TPSA) is 88.0 Å². The highest BCUT2D eigenvalue weighted by Gasteiger charge is 2.15. The third kappa shape index (κ3) is 24.2. The summed E-state index contributed by atoms with van der Waals surface area (Å²) in [6.45, 7) is 2.43. The van der Waals surface area contributed by atoms with E-state index in [1.54, 1.807) is 6.26 Å². The van der Waals surface area contributed by atoms with E-state index in [4.69, 9.17) is 13.8 Å². The van der Waals surface area contributed by atoms with Crippen LogP contribution in [0.5, 0.6) is 0 Å². The fourth-order valence-corrected chi connectivity index (χ4v) is 3.83. The molecule has 0 aliphatic carbocycles. The Labute approximate surface area is 197 Å². The molecule has 0 saturated carbocycles. The molecule has 2 unspecified atom stereocenters. The van der Waals surface area contributed by atoms with Crippen LogP contribution in [0.25, 0.3) is 0 Å². The Balaban J connectivity index is 3.50. The summed E-state index contributed by atoms with van der Waals surface area (Å²) >= 11 is 0. The van der Waals surface area contributed by atoms with Crippen molar-refractivity contribution in [2.24, 2.45) is 0 Å². The van der Waals surface area contributed by atoms with Crippen molar-refractivity contribution in [3.05, 3.63) is 12.3 Å². The average molecular weight is 480 g/mol. The van der Waals surface area contributed by atoms with Gasteiger partial charge in [-0.25, -0.2) is 0 Å². The molecule has 0 aromatic rings. The van der Waals surface area contributed by atoms with E-state index in [0.717, 1.165) is 12.8 Å². The first kappa shape index (κ1) is 31.6. The summed E-state index contributed by atoms with van der Waals surface area (Å²) in [4.78, 5) is 11.7. The lowest BCUT2D eigenvalue weighted by Gasteiger charge is -2.27. The highest BCUT2D eigenvalue weighted by molar-refractivity contribution is 7.45. The molecule has 0 saturated heterocycles. The molecule has 2 atom stereocenters. The lowest BCUT2D eigenvalue weighted by atomic mass is 10.0. The molecule has 0 amide bonds. The van der Waals surface area contributed by atoms with Gasteiger partial charge in [-0.3, -0.25) is 4.57 Å². The van der Waals surface area contributed by atoms with Crippen LogP contribution in [0.4, 0.5) is 0 Å². The standard InChI is InChI=1S/C24H50NO6P/c1-5-6-7-8-9-10-11-12-13-14-15-16-17-18-20-29-22-24(26)23-31-32(27,28)30-21-19-25(2,3)4/h18,20,24,26H,5-17,19,21-23H2,1-4H3/b20-18+. The predicted molar refractivity (Wildman–Crippen MR) is 129 cm³/mol. The molecule has 0 radical (unpaired) electrons. The maximum Gasteiger partial charge on any atom is 0.268 e. The van der Waals surface area contributed by atoms with Crippen LogP contribution in [0.3, 0.4) is 0 Å². The third-order valence-corrected chi connectivity index (χ3v) is 6.11. The van der Waals surface area contributed by atoms with Gasteiger partial charge in [-0.15, -0.1) is 0 Å². The molecular weight excluding hydrogens is 429 g/mol. The van der Waals surface area contributed by atoms with Crippen molar-refractivity contribution in [1.29, 1.82) is 0 Å². The van der Waals surface area contributed by atoms with Gasteiger partial charge < -0.3 is 28.3 Å². The Morgan fingerprint density at radius 1 is 0.875 bits per heavy atom. The summed E-state index contributed by atoms with van der Waals surface area (Å²) in [5.41, 5.74) is 0. The minimum absolute atomic E-state index is 0.0200. The maximum atomic E-state index is 11.7. The normalized spacial score (nSPS) is 15.2. The second-order valence-electron chi connectivity index (χ2n) is 9.63. The van der Waals surface area contributed by atoms with Gasteiger partial charge in [-0.2, -0.15) is 0 Å². The molecule has 8 heteroatoms. The van der Waals surface area contributed by atoms with Crippen LogP contribution in [-0.4, -0.2) is 63.2 Å². The molecule has 0 rings (SSSR count). The molecule has 192 valence electrons. The van der Waals surface area contributed by atoms with Gasteiger partial charge >= 0.3 is 0 Å². The van der Waals surface area contributed by atoms with E-state index < -0.39 is 13.9 Å². The molecule has 0 aliphatic rings. The van der Waals surface area contributed by atoms with Gasteiger partial charge in [0.15, 0.2) is 0 Å². The molecule has 0 heterocycles. The van der Waals surface area contributed by atoms with E-state index >= 15 is 0 Å². The van der Waals surface area contributed by atoms with Crippen molar-refractivity contribution < 1.29 is 32.8 Å². The lowest BCUT2D eigenvalue weighted by Crippen LogP contribution is -2.37. The second kappa shape index (κ2) is 20.0. The SMILES string of the molecule is CCCCCCCCCCCCCC/C=C/OCC(O)COP(=O)([O-])OCC[N+](C)(C)C. The first-order chi connectivity index (χ1) is 15.2. The first-order valence-corrected chi connectivity index (χ1v) is 14.0. The zero-order valence-electron chi connectivity index (χ0n) is 21.1. The summed E-state index contributed by atoms with van der Waals surface area (Å²) in [5.74, 6) is 0. The second-order valence-corrected chi connectivity index (χ2v) is 11.0. The van der Waals surface area contributed by atoms with Gasteiger partial charge in [-0.05, 0) is 18.9 Å². The lowest BCUT2D eigenvalue weighted by molar-refractivity contribution is -0.870. The monoisotopic (exact) mass is 479 g/mol. The number of rotatable bonds is 23. The van der Waals surface area contributed by atoms with Crippen LogP contribution >= 0.6 is 7.82 Å². The maximum absolute atomic E-state index is 11.7. The van der Waals surface area contributed by atoms with E-state index in [1.165, 1.54) is 70.6 Å². The molecule has 7 nitrogen and oxygen atoms in total. The molecule has 1 N–H and O–H groups in total. The zero-order valence-corrected chi connectivity index (χ0v) is 22.0. The Morgan fingerprint density at radius 2 is 1.41 bits per heavy atom. The van der Waals surface area contributed by atoms with Crippen molar-refractivity contribution >= 4 is 7.82 Å². The smallest absolute Gasteiger partial charge is 0.268 e. The number of nitrogens with zero attached hydrogens (tertiary/aromatic N) is 1. The van der Waals surface area contributed by atoms with Gasteiger partial charge in [0.2, 0.25) is 0 Å². The minimum atomic E-state index is -4.40. The van der Waals surface area contributed by atoms with Crippen molar-refractivity contribution in [2.75, 3.05) is 47.5 Å². The Hall–Kier alpha value is -0.430. The van der Waals surface area contributed by atoms with Crippen LogP contribution in [0.2, 0.25) is 0 Å². The van der Waals surface area contributed by atoms with Crippen molar-refractivity contribution in [2.45, 2.75) is 96.5 Å². The summed E-state index contributed by atoms with van der Waals surface area (Å²) in [7, 11) is 1.41. The minimum Gasteiger partial charge on any atom is -0.756 e. The molecule has 32 heavy (non-hydrogen) atoms. The van der Waals surface area contributed by atoms with E-state index in [-0.39, 0.29) is 19.8 Å². The van der Waals surface area contributed by atoms with Crippen LogP contribution in [0, 0.1) is 0 Å². The number of ether oxygens (including phenoxy) is 1. The number of allylic oxidation sites excluding steroid dienone is 1. The number of aliphatic hydroxyl groups excluding tert-OH is 1. The van der Waals surface area contributed by atoms with Gasteiger partial charge in [0, 0.05) is 0 Å². The molecule has 0 bridgehead atoms. The summed E-state index contributed by atoms with van der Waals surface area (Å²) < 4.78 is 27.0. The van der Waals surface area contributed by atoms with E-state index in [1.807, 2.05) is 27.2 Å². The van der Waals surface area contributed by atoms with Gasteiger partial charge in [0.25, 0.3) is 7.82 Å². The fraction of sp³-hybridized carbons (Fsp3) is 0.917.